The van der Waals surface area contributed by atoms with Crippen molar-refractivity contribution in [3.63, 3.8) is 0 Å². The van der Waals surface area contributed by atoms with Crippen LogP contribution < -0.4 is 10.0 Å². The Morgan fingerprint density at radius 2 is 1.75 bits per heavy atom. The minimum atomic E-state index is -3.80. The Bertz CT molecular complexity index is 733. The molecule has 0 amide bonds. The molecule has 0 radical (unpaired) electrons. The van der Waals surface area contributed by atoms with Crippen LogP contribution in [0.4, 0.5) is 15.8 Å². The normalized spacial score (nSPS) is 11.3. The topological polar surface area (TPSA) is 63.4 Å². The average molecular weight is 359 g/mol. The molecule has 0 fully saturated rings. The Morgan fingerprint density at radius 1 is 1.15 bits per heavy atom. The number of hydrogen-bond donors (Lipinski definition) is 1. The molecule has 7 heteroatoms. The molecule has 0 unspecified atom stereocenters. The van der Waals surface area contributed by atoms with E-state index in [0.29, 0.717) is 10.2 Å². The first-order chi connectivity index (χ1) is 9.32. The zero-order valence-corrected chi connectivity index (χ0v) is 12.9. The highest BCUT2D eigenvalue weighted by atomic mass is 79.9. The molecule has 20 heavy (non-hydrogen) atoms. The Kier molecular flexibility index (Phi) is 4.01. The van der Waals surface area contributed by atoms with Crippen LogP contribution in [0.2, 0.25) is 0 Å². The summed E-state index contributed by atoms with van der Waals surface area (Å²) in [6.07, 6.45) is 0. The van der Waals surface area contributed by atoms with Gasteiger partial charge in [0, 0.05) is 11.5 Å². The fraction of sp³-hybridized carbons (Fsp3) is 0.0769. The summed E-state index contributed by atoms with van der Waals surface area (Å²) in [7, 11) is -2.41. The van der Waals surface area contributed by atoms with E-state index in [2.05, 4.69) is 15.9 Å². The summed E-state index contributed by atoms with van der Waals surface area (Å²) >= 11 is 3.22. The van der Waals surface area contributed by atoms with E-state index in [0.717, 1.165) is 4.31 Å². The van der Waals surface area contributed by atoms with Crippen molar-refractivity contribution in [2.24, 2.45) is 0 Å². The maximum Gasteiger partial charge on any atom is 0.266 e. The van der Waals surface area contributed by atoms with E-state index < -0.39 is 15.8 Å². The lowest BCUT2D eigenvalue weighted by atomic mass is 10.3. The highest BCUT2D eigenvalue weighted by Gasteiger charge is 2.24. The maximum atomic E-state index is 12.9. The van der Waals surface area contributed by atoms with Crippen LogP contribution in [-0.4, -0.2) is 15.5 Å². The summed E-state index contributed by atoms with van der Waals surface area (Å²) in [5.74, 6) is -0.429. The van der Waals surface area contributed by atoms with Gasteiger partial charge in [-0.15, -0.1) is 0 Å². The van der Waals surface area contributed by atoms with E-state index in [-0.39, 0.29) is 10.6 Å². The zero-order valence-electron chi connectivity index (χ0n) is 10.5. The molecule has 0 atom stereocenters. The van der Waals surface area contributed by atoms with Gasteiger partial charge in [0.2, 0.25) is 0 Å². The van der Waals surface area contributed by atoms with Gasteiger partial charge in [0.25, 0.3) is 10.0 Å². The van der Waals surface area contributed by atoms with Crippen molar-refractivity contribution in [1.82, 2.24) is 0 Å². The lowest BCUT2D eigenvalue weighted by molar-refractivity contribution is 0.594. The van der Waals surface area contributed by atoms with Gasteiger partial charge in [-0.05, 0) is 42.5 Å². The number of anilines is 2. The molecule has 0 saturated carbocycles. The molecule has 2 rings (SSSR count). The SMILES string of the molecule is CN(c1ccc(F)cc1)S(=O)(=O)c1cc(Br)ccc1N. The Hall–Kier alpha value is -1.60. The van der Waals surface area contributed by atoms with Gasteiger partial charge in [0.15, 0.2) is 0 Å². The van der Waals surface area contributed by atoms with Crippen LogP contribution in [-0.2, 0) is 10.0 Å². The predicted molar refractivity (Wildman–Crippen MR) is 80.5 cm³/mol. The largest absolute Gasteiger partial charge is 0.398 e. The van der Waals surface area contributed by atoms with Crippen LogP contribution in [0.15, 0.2) is 51.8 Å². The molecule has 0 bridgehead atoms. The quantitative estimate of drug-likeness (QED) is 0.857. The molecular formula is C13H12BrFN2O2S. The monoisotopic (exact) mass is 358 g/mol. The van der Waals surface area contributed by atoms with Gasteiger partial charge in [0.1, 0.15) is 10.7 Å². The molecule has 0 saturated heterocycles. The molecule has 2 aromatic rings. The van der Waals surface area contributed by atoms with Crippen LogP contribution in [0.3, 0.4) is 0 Å². The highest BCUT2D eigenvalue weighted by molar-refractivity contribution is 9.10. The Morgan fingerprint density at radius 3 is 2.35 bits per heavy atom. The third-order valence-corrected chi connectivity index (χ3v) is 5.14. The third kappa shape index (κ3) is 2.78. The standard InChI is InChI=1S/C13H12BrFN2O2S/c1-17(11-5-3-10(15)4-6-11)20(18,19)13-8-9(14)2-7-12(13)16/h2-8H,16H2,1H3. The second-order valence-electron chi connectivity index (χ2n) is 4.13. The van der Waals surface area contributed by atoms with Crippen molar-refractivity contribution in [2.75, 3.05) is 17.1 Å². The summed E-state index contributed by atoms with van der Waals surface area (Å²) in [5, 5.41) is 0. The van der Waals surface area contributed by atoms with Crippen LogP contribution in [0.25, 0.3) is 0 Å². The van der Waals surface area contributed by atoms with Crippen LogP contribution in [0.5, 0.6) is 0 Å². The molecule has 0 aliphatic heterocycles. The van der Waals surface area contributed by atoms with Crippen molar-refractivity contribution in [2.45, 2.75) is 4.90 Å². The van der Waals surface area contributed by atoms with Gasteiger partial charge in [0.05, 0.1) is 11.4 Å². The number of nitrogen functional groups attached to an aromatic ring is 1. The van der Waals surface area contributed by atoms with Gasteiger partial charge in [-0.2, -0.15) is 0 Å². The van der Waals surface area contributed by atoms with Crippen LogP contribution in [0, 0.1) is 5.82 Å². The average Bonchev–Trinajstić information content (AvgIpc) is 2.41. The number of hydrogen-bond acceptors (Lipinski definition) is 3. The molecule has 106 valence electrons. The Balaban J connectivity index is 2.49. The molecule has 0 aliphatic carbocycles. The molecule has 0 aliphatic rings. The Labute approximate surface area is 125 Å². The first-order valence-electron chi connectivity index (χ1n) is 5.62. The maximum absolute atomic E-state index is 12.9. The van der Waals surface area contributed by atoms with Gasteiger partial charge < -0.3 is 5.73 Å². The molecule has 2 N–H and O–H groups in total. The van der Waals surface area contributed by atoms with Crippen molar-refractivity contribution in [3.8, 4) is 0 Å². The third-order valence-electron chi connectivity index (χ3n) is 2.80. The minimum absolute atomic E-state index is 0.00120. The fourth-order valence-corrected chi connectivity index (χ4v) is 3.52. The van der Waals surface area contributed by atoms with Crippen molar-refractivity contribution < 1.29 is 12.8 Å². The van der Waals surface area contributed by atoms with E-state index in [1.54, 1.807) is 6.07 Å². The molecule has 0 spiro atoms. The number of nitrogens with two attached hydrogens (primary N) is 1. The van der Waals surface area contributed by atoms with E-state index in [1.807, 2.05) is 0 Å². The minimum Gasteiger partial charge on any atom is -0.398 e. The first-order valence-corrected chi connectivity index (χ1v) is 7.85. The molecule has 0 heterocycles. The molecule has 4 nitrogen and oxygen atoms in total. The van der Waals surface area contributed by atoms with Crippen molar-refractivity contribution in [3.05, 3.63) is 52.8 Å². The van der Waals surface area contributed by atoms with Gasteiger partial charge in [-0.25, -0.2) is 12.8 Å². The van der Waals surface area contributed by atoms with E-state index >= 15 is 0 Å². The number of sulfonamides is 1. The zero-order chi connectivity index (χ0) is 14.9. The first kappa shape index (κ1) is 14.8. The molecule has 0 aromatic heterocycles. The van der Waals surface area contributed by atoms with E-state index in [9.17, 15) is 12.8 Å². The van der Waals surface area contributed by atoms with Crippen LogP contribution >= 0.6 is 15.9 Å². The second kappa shape index (κ2) is 5.41. The summed E-state index contributed by atoms with van der Waals surface area (Å²) < 4.78 is 39.6. The lowest BCUT2D eigenvalue weighted by Gasteiger charge is -2.20. The summed E-state index contributed by atoms with van der Waals surface area (Å²) in [6.45, 7) is 0. The summed E-state index contributed by atoms with van der Waals surface area (Å²) in [4.78, 5) is -0.00120. The van der Waals surface area contributed by atoms with E-state index in [4.69, 9.17) is 5.73 Å². The summed E-state index contributed by atoms with van der Waals surface area (Å²) in [5.41, 5.74) is 6.24. The fourth-order valence-electron chi connectivity index (χ4n) is 1.67. The highest BCUT2D eigenvalue weighted by Crippen LogP contribution is 2.28. The van der Waals surface area contributed by atoms with Crippen LogP contribution in [0.1, 0.15) is 0 Å². The summed E-state index contributed by atoms with van der Waals surface area (Å²) in [6, 6.07) is 9.78. The van der Waals surface area contributed by atoms with Gasteiger partial charge in [-0.3, -0.25) is 4.31 Å². The van der Waals surface area contributed by atoms with Crippen molar-refractivity contribution in [1.29, 1.82) is 0 Å². The predicted octanol–water partition coefficient (Wildman–Crippen LogP) is 3.00. The van der Waals surface area contributed by atoms with Crippen molar-refractivity contribution >= 4 is 37.3 Å². The van der Waals surface area contributed by atoms with Gasteiger partial charge in [-0.1, -0.05) is 15.9 Å². The molecule has 2 aromatic carbocycles. The number of nitrogens with zero attached hydrogens (tertiary/aromatic N) is 1. The van der Waals surface area contributed by atoms with E-state index in [1.165, 1.54) is 43.4 Å². The second-order valence-corrected chi connectivity index (χ2v) is 6.98. The molecular weight excluding hydrogens is 347 g/mol. The van der Waals surface area contributed by atoms with Gasteiger partial charge >= 0.3 is 0 Å². The number of halogens is 2. The smallest absolute Gasteiger partial charge is 0.266 e. The lowest BCUT2D eigenvalue weighted by Crippen LogP contribution is -2.27. The number of rotatable bonds is 3. The number of benzene rings is 2.